The van der Waals surface area contributed by atoms with E-state index in [2.05, 4.69) is 10.6 Å². The van der Waals surface area contributed by atoms with Gasteiger partial charge in [0.1, 0.15) is 0 Å². The van der Waals surface area contributed by atoms with E-state index in [1.807, 2.05) is 13.8 Å². The number of nitrogens with zero attached hydrogens (tertiary/aromatic N) is 1. The van der Waals surface area contributed by atoms with E-state index in [-0.39, 0.29) is 29.3 Å². The first-order chi connectivity index (χ1) is 13.8. The molecule has 6 rings (SSSR count). The van der Waals surface area contributed by atoms with Crippen molar-refractivity contribution in [3.05, 3.63) is 29.3 Å². The van der Waals surface area contributed by atoms with E-state index in [0.717, 1.165) is 37.0 Å². The van der Waals surface area contributed by atoms with Crippen molar-refractivity contribution in [3.8, 4) is 0 Å². The lowest BCUT2D eigenvalue weighted by molar-refractivity contribution is -0.0127. The van der Waals surface area contributed by atoms with Crippen LogP contribution in [0.3, 0.4) is 0 Å². The van der Waals surface area contributed by atoms with Gasteiger partial charge in [0.25, 0.3) is 11.8 Å². The molecule has 1 heterocycles. The fraction of sp³-hybridized carbons (Fsp3) is 0.609. The van der Waals surface area contributed by atoms with E-state index >= 15 is 0 Å². The number of nitrogens with one attached hydrogen (secondary N) is 2. The van der Waals surface area contributed by atoms with E-state index in [1.165, 1.54) is 24.2 Å². The largest absolute Gasteiger partial charge is 0.332 e. The Bertz CT molecular complexity index is 856. The smallest absolute Gasteiger partial charge is 0.319 e. The van der Waals surface area contributed by atoms with Gasteiger partial charge in [-0.2, -0.15) is 0 Å². The first kappa shape index (κ1) is 18.6. The third-order valence-corrected chi connectivity index (χ3v) is 7.19. The first-order valence-electron chi connectivity index (χ1n) is 10.9. The van der Waals surface area contributed by atoms with E-state index in [4.69, 9.17) is 0 Å². The molecule has 2 N–H and O–H groups in total. The molecule has 1 aromatic carbocycles. The molecule has 0 atom stereocenters. The molecule has 6 heteroatoms. The summed E-state index contributed by atoms with van der Waals surface area (Å²) < 4.78 is 0. The van der Waals surface area contributed by atoms with Crippen LogP contribution in [0.15, 0.2) is 18.2 Å². The Morgan fingerprint density at radius 2 is 1.62 bits per heavy atom. The summed E-state index contributed by atoms with van der Waals surface area (Å²) in [5, 5.41) is 6.19. The Balaban J connectivity index is 1.29. The van der Waals surface area contributed by atoms with Crippen LogP contribution in [0.2, 0.25) is 0 Å². The Hall–Kier alpha value is -2.37. The molecular weight excluding hydrogens is 366 g/mol. The number of carbonyl (C=O) groups is 3. The van der Waals surface area contributed by atoms with E-state index in [9.17, 15) is 14.4 Å². The van der Waals surface area contributed by atoms with Crippen LogP contribution < -0.4 is 10.6 Å². The molecule has 4 fully saturated rings. The average Bonchev–Trinajstić information content (AvgIpc) is 2.84. The van der Waals surface area contributed by atoms with Gasteiger partial charge in [0.15, 0.2) is 0 Å². The Morgan fingerprint density at radius 1 is 1.03 bits per heavy atom. The number of amides is 4. The highest BCUT2D eigenvalue weighted by Crippen LogP contribution is 2.55. The van der Waals surface area contributed by atoms with Gasteiger partial charge in [-0.05, 0) is 80.4 Å². The van der Waals surface area contributed by atoms with Gasteiger partial charge < -0.3 is 10.6 Å². The van der Waals surface area contributed by atoms with Gasteiger partial charge in [0.2, 0.25) is 0 Å². The molecule has 154 valence electrons. The molecule has 0 radical (unpaired) electrons. The Morgan fingerprint density at radius 3 is 2.21 bits per heavy atom. The van der Waals surface area contributed by atoms with Crippen molar-refractivity contribution in [2.45, 2.75) is 57.9 Å². The predicted octanol–water partition coefficient (Wildman–Crippen LogP) is 4.03. The number of rotatable bonds is 4. The van der Waals surface area contributed by atoms with Gasteiger partial charge in [-0.25, -0.2) is 4.79 Å². The van der Waals surface area contributed by atoms with Crippen molar-refractivity contribution in [2.24, 2.45) is 23.7 Å². The van der Waals surface area contributed by atoms with Crippen LogP contribution in [0.1, 0.15) is 73.1 Å². The number of urea groups is 1. The number of hydrogen-bond acceptors (Lipinski definition) is 3. The van der Waals surface area contributed by atoms with Crippen molar-refractivity contribution in [3.63, 3.8) is 0 Å². The Labute approximate surface area is 171 Å². The summed E-state index contributed by atoms with van der Waals surface area (Å²) in [4.78, 5) is 39.2. The lowest BCUT2D eigenvalue weighted by Crippen LogP contribution is -2.60. The maximum Gasteiger partial charge on any atom is 0.319 e. The molecular formula is C23H29N3O3. The number of hydrogen-bond donors (Lipinski definition) is 2. The van der Waals surface area contributed by atoms with Gasteiger partial charge >= 0.3 is 6.03 Å². The van der Waals surface area contributed by atoms with Gasteiger partial charge in [0.05, 0.1) is 11.1 Å². The molecule has 4 aliphatic carbocycles. The Kier molecular flexibility index (Phi) is 4.23. The summed E-state index contributed by atoms with van der Waals surface area (Å²) in [5.74, 6) is 1.97. The number of imide groups is 1. The molecule has 0 spiro atoms. The number of carbonyl (C=O) groups excluding carboxylic acids is 3. The summed E-state index contributed by atoms with van der Waals surface area (Å²) in [7, 11) is 0. The van der Waals surface area contributed by atoms with Crippen LogP contribution in [-0.4, -0.2) is 34.8 Å². The SMILES string of the molecule is CC(C)CN1C(=O)c2ccc(NC(=O)NC34CC5CC(CC(C5)C3)C4)cc2C1=O. The van der Waals surface area contributed by atoms with Crippen LogP contribution in [0.4, 0.5) is 10.5 Å². The summed E-state index contributed by atoms with van der Waals surface area (Å²) in [6.45, 7) is 4.36. The van der Waals surface area contributed by atoms with Crippen LogP contribution >= 0.6 is 0 Å². The van der Waals surface area contributed by atoms with Gasteiger partial charge in [-0.1, -0.05) is 13.8 Å². The zero-order valence-electron chi connectivity index (χ0n) is 17.2. The highest BCUT2D eigenvalue weighted by atomic mass is 16.2. The summed E-state index contributed by atoms with van der Waals surface area (Å²) in [6.07, 6.45) is 7.26. The standard InChI is InChI=1S/C23H29N3O3/c1-13(2)12-26-20(27)18-4-3-17(8-19(18)21(26)28)24-22(29)25-23-9-14-5-15(10-23)7-16(6-14)11-23/h3-4,8,13-16H,5-7,9-12H2,1-2H3,(H2,24,25,29). The molecule has 6 nitrogen and oxygen atoms in total. The summed E-state index contributed by atoms with van der Waals surface area (Å²) in [6, 6.07) is 4.79. The zero-order chi connectivity index (χ0) is 20.3. The van der Waals surface area contributed by atoms with Crippen LogP contribution in [0.5, 0.6) is 0 Å². The molecule has 5 aliphatic rings. The van der Waals surface area contributed by atoms with Crippen LogP contribution in [0.25, 0.3) is 0 Å². The van der Waals surface area contributed by atoms with Crippen LogP contribution in [-0.2, 0) is 0 Å². The summed E-state index contributed by atoms with van der Waals surface area (Å²) >= 11 is 0. The molecule has 4 amide bonds. The number of fused-ring (bicyclic) bond motifs is 1. The fourth-order valence-corrected chi connectivity index (χ4v) is 6.57. The minimum atomic E-state index is -0.274. The van der Waals surface area contributed by atoms with Crippen LogP contribution in [0, 0.1) is 23.7 Å². The van der Waals surface area contributed by atoms with E-state index in [1.54, 1.807) is 18.2 Å². The molecule has 0 aromatic heterocycles. The second-order valence-corrected chi connectivity index (χ2v) is 10.2. The van der Waals surface area contributed by atoms with Crippen molar-refractivity contribution < 1.29 is 14.4 Å². The normalized spacial score (nSPS) is 32.1. The molecule has 4 bridgehead atoms. The van der Waals surface area contributed by atoms with Crippen molar-refractivity contribution in [1.29, 1.82) is 0 Å². The van der Waals surface area contributed by atoms with E-state index < -0.39 is 0 Å². The third-order valence-electron chi connectivity index (χ3n) is 7.19. The first-order valence-corrected chi connectivity index (χ1v) is 10.9. The maximum atomic E-state index is 12.8. The molecule has 0 saturated heterocycles. The topological polar surface area (TPSA) is 78.5 Å². The van der Waals surface area contributed by atoms with Crippen molar-refractivity contribution >= 4 is 23.5 Å². The number of benzene rings is 1. The van der Waals surface area contributed by atoms with Crippen molar-refractivity contribution in [1.82, 2.24) is 10.2 Å². The summed E-state index contributed by atoms with van der Waals surface area (Å²) in [5.41, 5.74) is 1.29. The van der Waals surface area contributed by atoms with E-state index in [0.29, 0.717) is 23.4 Å². The lowest BCUT2D eigenvalue weighted by atomic mass is 9.53. The lowest BCUT2D eigenvalue weighted by Gasteiger charge is -2.56. The highest BCUT2D eigenvalue weighted by Gasteiger charge is 2.51. The molecule has 29 heavy (non-hydrogen) atoms. The average molecular weight is 396 g/mol. The second kappa shape index (κ2) is 6.57. The number of anilines is 1. The molecule has 1 aliphatic heterocycles. The monoisotopic (exact) mass is 395 g/mol. The molecule has 4 saturated carbocycles. The third kappa shape index (κ3) is 3.22. The van der Waals surface area contributed by atoms with Gasteiger partial charge in [-0.15, -0.1) is 0 Å². The van der Waals surface area contributed by atoms with Gasteiger partial charge in [-0.3, -0.25) is 14.5 Å². The zero-order valence-corrected chi connectivity index (χ0v) is 17.2. The van der Waals surface area contributed by atoms with Gasteiger partial charge in [0, 0.05) is 17.8 Å². The molecule has 0 unspecified atom stereocenters. The highest BCUT2D eigenvalue weighted by molar-refractivity contribution is 6.21. The predicted molar refractivity (Wildman–Crippen MR) is 110 cm³/mol. The maximum absolute atomic E-state index is 12.8. The van der Waals surface area contributed by atoms with Crippen molar-refractivity contribution in [2.75, 3.05) is 11.9 Å². The quantitative estimate of drug-likeness (QED) is 0.756. The minimum Gasteiger partial charge on any atom is -0.332 e. The molecule has 1 aromatic rings. The fourth-order valence-electron chi connectivity index (χ4n) is 6.57. The second-order valence-electron chi connectivity index (χ2n) is 10.2. The minimum absolute atomic E-state index is 0.0601.